The largest absolute Gasteiger partial charge is 0.495 e. The number of methoxy groups -OCH3 is 1. The van der Waals surface area contributed by atoms with Crippen LogP contribution in [0.3, 0.4) is 0 Å². The number of hydrogen-bond donors (Lipinski definition) is 1. The number of benzene rings is 1. The number of guanidine groups is 1. The van der Waals surface area contributed by atoms with E-state index in [1.165, 1.54) is 0 Å². The fraction of sp³-hybridized carbons (Fsp3) is 0.429. The van der Waals surface area contributed by atoms with Gasteiger partial charge in [0.25, 0.3) is 0 Å². The van der Waals surface area contributed by atoms with Gasteiger partial charge in [-0.15, -0.1) is 24.0 Å². The van der Waals surface area contributed by atoms with Crippen molar-refractivity contribution in [2.45, 2.75) is 13.3 Å². The van der Waals surface area contributed by atoms with Crippen molar-refractivity contribution < 1.29 is 4.74 Å². The van der Waals surface area contributed by atoms with Crippen LogP contribution in [-0.2, 0) is 6.42 Å². The van der Waals surface area contributed by atoms with Crippen molar-refractivity contribution in [2.75, 3.05) is 51.3 Å². The minimum Gasteiger partial charge on any atom is -0.495 e. The standard InChI is InChI=1S/C21H29N5O.HI/c1-3-22-21(24-13-11-18-8-6-7-12-23-18)26-16-14-25(15-17-26)19-9-4-5-10-20(19)27-2;/h4-10,12H,3,11,13-17H2,1-2H3,(H,22,24);1H. The summed E-state index contributed by atoms with van der Waals surface area (Å²) in [7, 11) is 1.73. The summed E-state index contributed by atoms with van der Waals surface area (Å²) in [4.78, 5) is 13.9. The summed E-state index contributed by atoms with van der Waals surface area (Å²) in [6, 6.07) is 14.2. The quantitative estimate of drug-likeness (QED) is 0.380. The van der Waals surface area contributed by atoms with Crippen LogP contribution >= 0.6 is 24.0 Å². The third kappa shape index (κ3) is 5.98. The number of nitrogens with zero attached hydrogens (tertiary/aromatic N) is 4. The van der Waals surface area contributed by atoms with Crippen LogP contribution in [-0.4, -0.2) is 62.2 Å². The first-order valence-corrected chi connectivity index (χ1v) is 9.63. The minimum absolute atomic E-state index is 0. The smallest absolute Gasteiger partial charge is 0.194 e. The molecule has 0 amide bonds. The lowest BCUT2D eigenvalue weighted by Crippen LogP contribution is -2.52. The number of rotatable bonds is 6. The molecule has 3 rings (SSSR count). The SMILES string of the molecule is CCNC(=NCCc1ccccn1)N1CCN(c2ccccc2OC)CC1.I. The number of piperazine rings is 1. The molecule has 1 N–H and O–H groups in total. The fourth-order valence-electron chi connectivity index (χ4n) is 3.30. The molecule has 0 radical (unpaired) electrons. The van der Waals surface area contributed by atoms with Crippen molar-refractivity contribution in [1.29, 1.82) is 0 Å². The molecule has 1 aliphatic rings. The number of ether oxygens (including phenoxy) is 1. The highest BCUT2D eigenvalue weighted by atomic mass is 127. The molecule has 2 aromatic rings. The van der Waals surface area contributed by atoms with Gasteiger partial charge in [0.1, 0.15) is 5.75 Å². The van der Waals surface area contributed by atoms with E-state index in [1.54, 1.807) is 7.11 Å². The molecule has 28 heavy (non-hydrogen) atoms. The van der Waals surface area contributed by atoms with Gasteiger partial charge in [0.2, 0.25) is 0 Å². The zero-order valence-corrected chi connectivity index (χ0v) is 19.0. The first-order chi connectivity index (χ1) is 13.3. The number of aromatic nitrogens is 1. The van der Waals surface area contributed by atoms with Crippen molar-refractivity contribution in [1.82, 2.24) is 15.2 Å². The topological polar surface area (TPSA) is 53.0 Å². The van der Waals surface area contributed by atoms with Gasteiger partial charge in [-0.1, -0.05) is 18.2 Å². The predicted molar refractivity (Wildman–Crippen MR) is 126 cm³/mol. The molecule has 1 saturated heterocycles. The van der Waals surface area contributed by atoms with Crippen molar-refractivity contribution >= 4 is 35.6 Å². The molecule has 0 unspecified atom stereocenters. The van der Waals surface area contributed by atoms with Crippen LogP contribution in [0.5, 0.6) is 5.75 Å². The number of hydrogen-bond acceptors (Lipinski definition) is 4. The summed E-state index contributed by atoms with van der Waals surface area (Å²) in [6.45, 7) is 7.50. The minimum atomic E-state index is 0. The average molecular weight is 495 g/mol. The Kier molecular flexibility index (Phi) is 9.33. The van der Waals surface area contributed by atoms with Gasteiger partial charge in [-0.2, -0.15) is 0 Å². The van der Waals surface area contributed by atoms with Crippen LogP contribution in [0.15, 0.2) is 53.7 Å². The Hall–Kier alpha value is -2.03. The van der Waals surface area contributed by atoms with Gasteiger partial charge in [-0.05, 0) is 31.2 Å². The van der Waals surface area contributed by atoms with Crippen molar-refractivity contribution in [2.24, 2.45) is 4.99 Å². The molecular formula is C21H30IN5O. The summed E-state index contributed by atoms with van der Waals surface area (Å²) in [5.41, 5.74) is 2.25. The molecule has 0 bridgehead atoms. The van der Waals surface area contributed by atoms with Crippen LogP contribution in [0.1, 0.15) is 12.6 Å². The van der Waals surface area contributed by atoms with Gasteiger partial charge < -0.3 is 19.9 Å². The Bertz CT molecular complexity index is 733. The molecule has 1 aliphatic heterocycles. The van der Waals surface area contributed by atoms with E-state index in [0.717, 1.165) is 68.8 Å². The number of nitrogens with one attached hydrogen (secondary N) is 1. The maximum atomic E-state index is 5.51. The monoisotopic (exact) mass is 495 g/mol. The van der Waals surface area contributed by atoms with Crippen molar-refractivity contribution in [3.05, 3.63) is 54.4 Å². The zero-order chi connectivity index (χ0) is 18.9. The number of pyridine rings is 1. The summed E-state index contributed by atoms with van der Waals surface area (Å²) >= 11 is 0. The van der Waals surface area contributed by atoms with E-state index in [9.17, 15) is 0 Å². The molecule has 0 saturated carbocycles. The number of para-hydroxylation sites is 2. The number of halogens is 1. The Balaban J connectivity index is 0.00000280. The first kappa shape index (κ1) is 22.3. The lowest BCUT2D eigenvalue weighted by atomic mass is 10.2. The number of aliphatic imine (C=N–C) groups is 1. The second-order valence-electron chi connectivity index (χ2n) is 6.45. The van der Waals surface area contributed by atoms with Gasteiger partial charge >= 0.3 is 0 Å². The Morgan fingerprint density at radius 2 is 1.86 bits per heavy atom. The highest BCUT2D eigenvalue weighted by Crippen LogP contribution is 2.28. The van der Waals surface area contributed by atoms with E-state index >= 15 is 0 Å². The van der Waals surface area contributed by atoms with Crippen LogP contribution in [0.2, 0.25) is 0 Å². The van der Waals surface area contributed by atoms with Gasteiger partial charge in [0.15, 0.2) is 5.96 Å². The molecule has 1 aromatic carbocycles. The molecule has 2 heterocycles. The molecule has 1 aromatic heterocycles. The molecule has 0 spiro atoms. The lowest BCUT2D eigenvalue weighted by molar-refractivity contribution is 0.367. The third-order valence-corrected chi connectivity index (χ3v) is 4.70. The summed E-state index contributed by atoms with van der Waals surface area (Å²) in [6.07, 6.45) is 2.69. The molecule has 0 atom stereocenters. The van der Waals surface area contributed by atoms with Crippen LogP contribution in [0, 0.1) is 0 Å². The molecule has 7 heteroatoms. The van der Waals surface area contributed by atoms with E-state index in [4.69, 9.17) is 9.73 Å². The number of anilines is 1. The highest BCUT2D eigenvalue weighted by Gasteiger charge is 2.21. The van der Waals surface area contributed by atoms with Gasteiger partial charge in [-0.3, -0.25) is 9.98 Å². The normalized spacial score (nSPS) is 14.4. The van der Waals surface area contributed by atoms with Crippen LogP contribution in [0.25, 0.3) is 0 Å². The van der Waals surface area contributed by atoms with E-state index < -0.39 is 0 Å². The van der Waals surface area contributed by atoms with Crippen LogP contribution < -0.4 is 15.0 Å². The van der Waals surface area contributed by atoms with E-state index in [0.29, 0.717) is 0 Å². The Morgan fingerprint density at radius 1 is 1.11 bits per heavy atom. The third-order valence-electron chi connectivity index (χ3n) is 4.70. The van der Waals surface area contributed by atoms with Gasteiger partial charge in [-0.25, -0.2) is 0 Å². The maximum absolute atomic E-state index is 5.51. The van der Waals surface area contributed by atoms with Gasteiger partial charge in [0, 0.05) is 57.6 Å². The summed E-state index contributed by atoms with van der Waals surface area (Å²) < 4.78 is 5.51. The fourth-order valence-corrected chi connectivity index (χ4v) is 3.30. The van der Waals surface area contributed by atoms with E-state index in [2.05, 4.69) is 45.2 Å². The van der Waals surface area contributed by atoms with Gasteiger partial charge in [0.05, 0.1) is 12.8 Å². The Labute approximate surface area is 185 Å². The maximum Gasteiger partial charge on any atom is 0.194 e. The second kappa shape index (κ2) is 11.7. The lowest BCUT2D eigenvalue weighted by Gasteiger charge is -2.38. The predicted octanol–water partition coefficient (Wildman–Crippen LogP) is 3.04. The summed E-state index contributed by atoms with van der Waals surface area (Å²) in [5, 5.41) is 3.43. The Morgan fingerprint density at radius 3 is 2.54 bits per heavy atom. The average Bonchev–Trinajstić information content (AvgIpc) is 2.74. The first-order valence-electron chi connectivity index (χ1n) is 9.63. The molecule has 1 fully saturated rings. The van der Waals surface area contributed by atoms with Crippen LogP contribution in [0.4, 0.5) is 5.69 Å². The van der Waals surface area contributed by atoms with Crippen molar-refractivity contribution in [3.8, 4) is 5.75 Å². The van der Waals surface area contributed by atoms with E-state index in [-0.39, 0.29) is 24.0 Å². The molecule has 152 valence electrons. The van der Waals surface area contributed by atoms with Crippen molar-refractivity contribution in [3.63, 3.8) is 0 Å². The zero-order valence-electron chi connectivity index (χ0n) is 16.7. The molecule has 6 nitrogen and oxygen atoms in total. The second-order valence-corrected chi connectivity index (χ2v) is 6.45. The molecule has 0 aliphatic carbocycles. The summed E-state index contributed by atoms with van der Waals surface area (Å²) in [5.74, 6) is 1.93. The molecular weight excluding hydrogens is 465 g/mol. The highest BCUT2D eigenvalue weighted by molar-refractivity contribution is 14.0. The van der Waals surface area contributed by atoms with E-state index in [1.807, 2.05) is 30.5 Å².